The van der Waals surface area contributed by atoms with Crippen LogP contribution in [0.1, 0.15) is 20.7 Å². The summed E-state index contributed by atoms with van der Waals surface area (Å²) >= 11 is 0. The quantitative estimate of drug-likeness (QED) is 0.860. The lowest BCUT2D eigenvalue weighted by Crippen LogP contribution is -2.04. The van der Waals surface area contributed by atoms with Gasteiger partial charge in [-0.2, -0.15) is 0 Å². The SMILES string of the molecule is CS(=O)(=O)c1cc(C(=O)O)ccc1Oc1ccc(C(=O)O)cc1. The maximum atomic E-state index is 11.8. The van der Waals surface area contributed by atoms with E-state index in [4.69, 9.17) is 14.9 Å². The van der Waals surface area contributed by atoms with E-state index in [9.17, 15) is 18.0 Å². The zero-order chi connectivity index (χ0) is 17.2. The summed E-state index contributed by atoms with van der Waals surface area (Å²) in [7, 11) is -3.71. The van der Waals surface area contributed by atoms with Crippen LogP contribution in [-0.4, -0.2) is 36.8 Å². The van der Waals surface area contributed by atoms with Crippen LogP contribution >= 0.6 is 0 Å². The van der Waals surface area contributed by atoms with Crippen LogP contribution in [0.25, 0.3) is 0 Å². The van der Waals surface area contributed by atoms with Gasteiger partial charge in [0.1, 0.15) is 16.4 Å². The smallest absolute Gasteiger partial charge is 0.335 e. The highest BCUT2D eigenvalue weighted by molar-refractivity contribution is 7.90. The summed E-state index contributed by atoms with van der Waals surface area (Å²) in [5.74, 6) is -2.17. The number of aromatic carboxylic acids is 2. The fourth-order valence-corrected chi connectivity index (χ4v) is 2.62. The Morgan fingerprint density at radius 3 is 1.91 bits per heavy atom. The van der Waals surface area contributed by atoms with Gasteiger partial charge in [0.2, 0.25) is 0 Å². The van der Waals surface area contributed by atoms with Gasteiger partial charge in [0.25, 0.3) is 0 Å². The average Bonchev–Trinajstić information content (AvgIpc) is 2.46. The predicted molar refractivity (Wildman–Crippen MR) is 80.0 cm³/mol. The molecule has 0 amide bonds. The van der Waals surface area contributed by atoms with Gasteiger partial charge in [0.05, 0.1) is 11.1 Å². The molecule has 0 saturated carbocycles. The molecule has 0 aromatic heterocycles. The van der Waals surface area contributed by atoms with Crippen LogP contribution in [0.2, 0.25) is 0 Å². The maximum absolute atomic E-state index is 11.8. The van der Waals surface area contributed by atoms with Crippen molar-refractivity contribution in [2.24, 2.45) is 0 Å². The van der Waals surface area contributed by atoms with Gasteiger partial charge in [-0.05, 0) is 42.5 Å². The Bertz CT molecular complexity index is 867. The summed E-state index contributed by atoms with van der Waals surface area (Å²) in [5.41, 5.74) is -0.124. The number of sulfone groups is 1. The minimum absolute atomic E-state index is 0.0411. The van der Waals surface area contributed by atoms with Crippen molar-refractivity contribution < 1.29 is 33.0 Å². The molecular formula is C15H12O7S. The molecule has 0 aliphatic heterocycles. The van der Waals surface area contributed by atoms with Gasteiger partial charge in [0, 0.05) is 6.26 Å². The molecule has 0 aliphatic rings. The third-order valence-electron chi connectivity index (χ3n) is 2.92. The lowest BCUT2D eigenvalue weighted by Gasteiger charge is -2.11. The normalized spacial score (nSPS) is 11.0. The number of carboxylic acids is 2. The third-order valence-corrected chi connectivity index (χ3v) is 4.04. The molecule has 0 unspecified atom stereocenters. The summed E-state index contributed by atoms with van der Waals surface area (Å²) in [6.45, 7) is 0. The van der Waals surface area contributed by atoms with Crippen molar-refractivity contribution in [3.05, 3.63) is 53.6 Å². The highest BCUT2D eigenvalue weighted by atomic mass is 32.2. The van der Waals surface area contributed by atoms with E-state index in [-0.39, 0.29) is 27.5 Å². The summed E-state index contributed by atoms with van der Waals surface area (Å²) < 4.78 is 29.1. The number of hydrogen-bond donors (Lipinski definition) is 2. The first-order chi connectivity index (χ1) is 10.7. The van der Waals surface area contributed by atoms with Crippen molar-refractivity contribution >= 4 is 21.8 Å². The second-order valence-corrected chi connectivity index (χ2v) is 6.65. The predicted octanol–water partition coefficient (Wildman–Crippen LogP) is 2.28. The van der Waals surface area contributed by atoms with Gasteiger partial charge in [-0.25, -0.2) is 18.0 Å². The molecule has 2 aromatic rings. The zero-order valence-electron chi connectivity index (χ0n) is 11.9. The Hall–Kier alpha value is -2.87. The van der Waals surface area contributed by atoms with Crippen LogP contribution in [0.3, 0.4) is 0 Å². The van der Waals surface area contributed by atoms with E-state index in [0.717, 1.165) is 12.3 Å². The Balaban J connectivity index is 2.43. The summed E-state index contributed by atoms with van der Waals surface area (Å²) in [4.78, 5) is 21.5. The molecule has 0 atom stereocenters. The molecule has 23 heavy (non-hydrogen) atoms. The molecule has 0 spiro atoms. The second kappa shape index (κ2) is 6.09. The fraction of sp³-hybridized carbons (Fsp3) is 0.0667. The number of benzene rings is 2. The number of ether oxygens (including phenoxy) is 1. The van der Waals surface area contributed by atoms with E-state index in [0.29, 0.717) is 0 Å². The van der Waals surface area contributed by atoms with Crippen molar-refractivity contribution in [2.75, 3.05) is 6.26 Å². The molecule has 2 N–H and O–H groups in total. The molecular weight excluding hydrogens is 324 g/mol. The first-order valence-electron chi connectivity index (χ1n) is 6.27. The largest absolute Gasteiger partial charge is 0.478 e. The molecule has 7 nitrogen and oxygen atoms in total. The van der Waals surface area contributed by atoms with Gasteiger partial charge in [-0.1, -0.05) is 0 Å². The molecule has 0 radical (unpaired) electrons. The first kappa shape index (κ1) is 16.5. The number of carbonyl (C=O) groups is 2. The molecule has 0 heterocycles. The Kier molecular flexibility index (Phi) is 4.37. The minimum atomic E-state index is -3.71. The van der Waals surface area contributed by atoms with Gasteiger partial charge in [-0.15, -0.1) is 0 Å². The topological polar surface area (TPSA) is 118 Å². The monoisotopic (exact) mass is 336 g/mol. The molecule has 2 aromatic carbocycles. The summed E-state index contributed by atoms with van der Waals surface area (Å²) in [6.07, 6.45) is 0.939. The van der Waals surface area contributed by atoms with E-state index < -0.39 is 21.8 Å². The molecule has 2 rings (SSSR count). The van der Waals surface area contributed by atoms with E-state index in [1.54, 1.807) is 0 Å². The highest BCUT2D eigenvalue weighted by Crippen LogP contribution is 2.30. The Morgan fingerprint density at radius 1 is 0.913 bits per heavy atom. The van der Waals surface area contributed by atoms with Crippen LogP contribution in [0.4, 0.5) is 0 Å². The Morgan fingerprint density at radius 2 is 1.43 bits per heavy atom. The molecule has 8 heteroatoms. The van der Waals surface area contributed by atoms with E-state index in [1.165, 1.54) is 36.4 Å². The zero-order valence-corrected chi connectivity index (χ0v) is 12.7. The third kappa shape index (κ3) is 3.86. The lowest BCUT2D eigenvalue weighted by molar-refractivity contribution is 0.0686. The van der Waals surface area contributed by atoms with Crippen LogP contribution in [0.5, 0.6) is 11.5 Å². The number of carboxylic acid groups (broad SMARTS) is 2. The van der Waals surface area contributed by atoms with Gasteiger partial charge >= 0.3 is 11.9 Å². The standard InChI is InChI=1S/C15H12O7S/c1-23(20,21)13-8-10(15(18)19)4-7-12(13)22-11-5-2-9(3-6-11)14(16)17/h2-8H,1H3,(H,16,17)(H,18,19). The van der Waals surface area contributed by atoms with E-state index >= 15 is 0 Å². The van der Waals surface area contributed by atoms with Crippen LogP contribution in [-0.2, 0) is 9.84 Å². The lowest BCUT2D eigenvalue weighted by atomic mass is 10.2. The van der Waals surface area contributed by atoms with Crippen molar-refractivity contribution in [2.45, 2.75) is 4.90 Å². The molecule has 0 saturated heterocycles. The van der Waals surface area contributed by atoms with Crippen LogP contribution < -0.4 is 4.74 Å². The van der Waals surface area contributed by atoms with Gasteiger partial charge in [-0.3, -0.25) is 0 Å². The van der Waals surface area contributed by atoms with E-state index in [2.05, 4.69) is 0 Å². The van der Waals surface area contributed by atoms with Gasteiger partial charge < -0.3 is 14.9 Å². The number of rotatable bonds is 5. The van der Waals surface area contributed by atoms with Crippen LogP contribution in [0.15, 0.2) is 47.4 Å². The fourth-order valence-electron chi connectivity index (χ4n) is 1.81. The molecule has 0 aliphatic carbocycles. The summed E-state index contributed by atoms with van der Waals surface area (Å²) in [6, 6.07) is 8.84. The molecule has 0 fully saturated rings. The van der Waals surface area contributed by atoms with Gasteiger partial charge in [0.15, 0.2) is 9.84 Å². The highest BCUT2D eigenvalue weighted by Gasteiger charge is 2.18. The Labute approximate surface area is 131 Å². The average molecular weight is 336 g/mol. The van der Waals surface area contributed by atoms with E-state index in [1.807, 2.05) is 0 Å². The molecule has 120 valence electrons. The van der Waals surface area contributed by atoms with Crippen molar-refractivity contribution in [1.82, 2.24) is 0 Å². The van der Waals surface area contributed by atoms with Crippen molar-refractivity contribution in [3.63, 3.8) is 0 Å². The minimum Gasteiger partial charge on any atom is -0.478 e. The van der Waals surface area contributed by atoms with Crippen molar-refractivity contribution in [1.29, 1.82) is 0 Å². The first-order valence-corrected chi connectivity index (χ1v) is 8.16. The molecule has 0 bridgehead atoms. The van der Waals surface area contributed by atoms with Crippen LogP contribution in [0, 0.1) is 0 Å². The summed E-state index contributed by atoms with van der Waals surface area (Å²) in [5, 5.41) is 17.8. The maximum Gasteiger partial charge on any atom is 0.335 e. The second-order valence-electron chi connectivity index (χ2n) is 4.67. The number of hydrogen-bond acceptors (Lipinski definition) is 5. The van der Waals surface area contributed by atoms with Crippen molar-refractivity contribution in [3.8, 4) is 11.5 Å².